The van der Waals surface area contributed by atoms with E-state index in [9.17, 15) is 4.21 Å². The minimum absolute atomic E-state index is 0.460. The summed E-state index contributed by atoms with van der Waals surface area (Å²) in [6.45, 7) is 0. The molecule has 4 rings (SSSR count). The normalized spacial score (nSPS) is 16.3. The van der Waals surface area contributed by atoms with Crippen molar-refractivity contribution >= 4 is 16.0 Å². The molecule has 26 heavy (non-hydrogen) atoms. The molecule has 0 saturated carbocycles. The molecule has 0 fully saturated rings. The minimum atomic E-state index is -1.27. The van der Waals surface area contributed by atoms with E-state index in [0.717, 1.165) is 16.7 Å². The number of hydrogen-bond donors (Lipinski definition) is 1. The summed E-state index contributed by atoms with van der Waals surface area (Å²) in [6, 6.07) is 30.6. The third kappa shape index (κ3) is 2.89. The van der Waals surface area contributed by atoms with Crippen molar-refractivity contribution in [3.05, 3.63) is 119 Å². The molecule has 0 spiro atoms. The topological polar surface area (TPSA) is 41.5 Å². The van der Waals surface area contributed by atoms with E-state index < -0.39 is 16.3 Å². The average Bonchev–Trinajstić information content (AvgIpc) is 3.12. The van der Waals surface area contributed by atoms with Crippen LogP contribution in [0.2, 0.25) is 0 Å². The fourth-order valence-corrected chi connectivity index (χ4v) is 4.01. The Morgan fingerprint density at radius 1 is 0.692 bits per heavy atom. The summed E-state index contributed by atoms with van der Waals surface area (Å²) >= 11 is 0. The Hall–Kier alpha value is -2.98. The first-order chi connectivity index (χ1) is 12.8. The van der Waals surface area contributed by atoms with Crippen LogP contribution in [0.4, 0.5) is 0 Å². The predicted molar refractivity (Wildman–Crippen MR) is 107 cm³/mol. The quantitative estimate of drug-likeness (QED) is 0.712. The van der Waals surface area contributed by atoms with Gasteiger partial charge in [0.15, 0.2) is 5.17 Å². The molecule has 1 aliphatic rings. The highest BCUT2D eigenvalue weighted by atomic mass is 32.2. The lowest BCUT2D eigenvalue weighted by molar-refractivity contribution is 0.578. The van der Waals surface area contributed by atoms with Crippen molar-refractivity contribution in [3.8, 4) is 0 Å². The van der Waals surface area contributed by atoms with Crippen LogP contribution in [-0.2, 0) is 16.3 Å². The Kier molecular flexibility index (Phi) is 4.50. The van der Waals surface area contributed by atoms with Gasteiger partial charge in [0, 0.05) is 11.6 Å². The van der Waals surface area contributed by atoms with E-state index >= 15 is 0 Å². The van der Waals surface area contributed by atoms with Crippen LogP contribution in [0, 0.1) is 0 Å². The van der Waals surface area contributed by atoms with Gasteiger partial charge in [-0.25, -0.2) is 9.20 Å². The van der Waals surface area contributed by atoms with Gasteiger partial charge in [0.05, 0.1) is 0 Å². The van der Waals surface area contributed by atoms with Gasteiger partial charge >= 0.3 is 0 Å². The number of hydrogen-bond acceptors (Lipinski definition) is 3. The van der Waals surface area contributed by atoms with E-state index in [2.05, 4.69) is 46.7 Å². The third-order valence-electron chi connectivity index (χ3n) is 4.48. The van der Waals surface area contributed by atoms with Crippen LogP contribution >= 0.6 is 0 Å². The van der Waals surface area contributed by atoms with E-state index in [0.29, 0.717) is 5.17 Å². The molecule has 1 unspecified atom stereocenters. The highest BCUT2D eigenvalue weighted by Crippen LogP contribution is 2.37. The summed E-state index contributed by atoms with van der Waals surface area (Å²) in [5, 5.41) is 5.57. The second-order valence-corrected chi connectivity index (χ2v) is 7.24. The zero-order valence-corrected chi connectivity index (χ0v) is 14.9. The van der Waals surface area contributed by atoms with Crippen LogP contribution in [0.1, 0.15) is 16.7 Å². The maximum absolute atomic E-state index is 12.4. The van der Waals surface area contributed by atoms with Crippen LogP contribution in [0.25, 0.3) is 0 Å². The van der Waals surface area contributed by atoms with Gasteiger partial charge in [-0.2, -0.15) is 0 Å². The molecule has 3 aromatic rings. The summed E-state index contributed by atoms with van der Waals surface area (Å²) in [5.74, 6) is 0. The minimum Gasteiger partial charge on any atom is -0.345 e. The first-order valence-corrected chi connectivity index (χ1v) is 9.62. The second-order valence-electron chi connectivity index (χ2n) is 5.99. The zero-order chi connectivity index (χ0) is 17.8. The number of nitrogens with one attached hydrogen (secondary N) is 1. The number of nitrogens with zero attached hydrogens (tertiary/aromatic N) is 1. The van der Waals surface area contributed by atoms with E-state index in [1.54, 1.807) is 11.6 Å². The molecule has 0 aromatic heterocycles. The van der Waals surface area contributed by atoms with Crippen molar-refractivity contribution in [2.24, 2.45) is 4.99 Å². The number of benzene rings is 3. The lowest BCUT2D eigenvalue weighted by Crippen LogP contribution is -2.48. The van der Waals surface area contributed by atoms with Crippen molar-refractivity contribution in [3.63, 3.8) is 0 Å². The summed E-state index contributed by atoms with van der Waals surface area (Å²) in [5.41, 5.74) is 2.49. The Morgan fingerprint density at radius 3 is 1.46 bits per heavy atom. The summed E-state index contributed by atoms with van der Waals surface area (Å²) < 4.78 is 12.4. The standard InChI is InChI=1S/C22H18N2OS/c25-26-17-16-23-21(26)24-22(18-10-4-1-5-11-18,19-12-6-2-7-13-19)20-14-8-3-9-15-20/h1-17H,(H,23,24). The number of amidine groups is 1. The van der Waals surface area contributed by atoms with Gasteiger partial charge in [-0.1, -0.05) is 91.0 Å². The van der Waals surface area contributed by atoms with Gasteiger partial charge in [0.1, 0.15) is 16.3 Å². The van der Waals surface area contributed by atoms with Gasteiger partial charge in [-0.05, 0) is 16.7 Å². The number of aliphatic imine (C=N–C) groups is 1. The molecule has 0 bridgehead atoms. The summed E-state index contributed by atoms with van der Waals surface area (Å²) in [7, 11) is -1.27. The van der Waals surface area contributed by atoms with Crippen LogP contribution in [0.15, 0.2) is 108 Å². The Bertz CT molecular complexity index is 870. The third-order valence-corrected chi connectivity index (χ3v) is 5.44. The van der Waals surface area contributed by atoms with E-state index in [-0.39, 0.29) is 0 Å². The molecule has 0 amide bonds. The van der Waals surface area contributed by atoms with Crippen LogP contribution in [-0.4, -0.2) is 9.38 Å². The molecule has 3 nitrogen and oxygen atoms in total. The molecule has 0 radical (unpaired) electrons. The molecule has 0 saturated heterocycles. The Labute approximate surface area is 155 Å². The molecule has 1 atom stereocenters. The van der Waals surface area contributed by atoms with Crippen LogP contribution < -0.4 is 5.32 Å². The average molecular weight is 358 g/mol. The van der Waals surface area contributed by atoms with Gasteiger partial charge in [0.25, 0.3) is 0 Å². The van der Waals surface area contributed by atoms with Gasteiger partial charge < -0.3 is 5.32 Å². The maximum Gasteiger partial charge on any atom is 0.197 e. The molecule has 1 N–H and O–H groups in total. The Balaban J connectivity index is 1.99. The molecular weight excluding hydrogens is 340 g/mol. The van der Waals surface area contributed by atoms with Crippen LogP contribution in [0.5, 0.6) is 0 Å². The Morgan fingerprint density at radius 2 is 1.12 bits per heavy atom. The van der Waals surface area contributed by atoms with Crippen LogP contribution in [0.3, 0.4) is 0 Å². The second kappa shape index (κ2) is 7.10. The molecule has 0 aliphatic carbocycles. The van der Waals surface area contributed by atoms with Gasteiger partial charge in [-0.15, -0.1) is 0 Å². The lowest BCUT2D eigenvalue weighted by atomic mass is 9.77. The van der Waals surface area contributed by atoms with Crippen molar-refractivity contribution in [1.29, 1.82) is 0 Å². The maximum atomic E-state index is 12.4. The molecule has 1 heterocycles. The smallest absolute Gasteiger partial charge is 0.197 e. The SMILES string of the molecule is O=S1C=CN=C1NC(c1ccccc1)(c1ccccc1)c1ccccc1. The highest BCUT2D eigenvalue weighted by molar-refractivity contribution is 8.03. The zero-order valence-electron chi connectivity index (χ0n) is 14.1. The molecule has 128 valence electrons. The van der Waals surface area contributed by atoms with Gasteiger partial charge in [0.2, 0.25) is 0 Å². The summed E-state index contributed by atoms with van der Waals surface area (Å²) in [6.07, 6.45) is 1.59. The molecule has 1 aliphatic heterocycles. The highest BCUT2D eigenvalue weighted by Gasteiger charge is 2.38. The largest absolute Gasteiger partial charge is 0.345 e. The van der Waals surface area contributed by atoms with E-state index in [4.69, 9.17) is 0 Å². The molecule has 3 aromatic carbocycles. The van der Waals surface area contributed by atoms with Crippen molar-refractivity contribution < 1.29 is 4.21 Å². The van der Waals surface area contributed by atoms with E-state index in [1.165, 1.54) is 0 Å². The first kappa shape index (κ1) is 16.5. The molecular formula is C22H18N2OS. The van der Waals surface area contributed by atoms with Crippen molar-refractivity contribution in [2.75, 3.05) is 0 Å². The predicted octanol–water partition coefficient (Wildman–Crippen LogP) is 4.16. The fourth-order valence-electron chi connectivity index (χ4n) is 3.29. The van der Waals surface area contributed by atoms with Crippen molar-refractivity contribution in [1.82, 2.24) is 5.32 Å². The van der Waals surface area contributed by atoms with Gasteiger partial charge in [-0.3, -0.25) is 0 Å². The monoisotopic (exact) mass is 358 g/mol. The van der Waals surface area contributed by atoms with Crippen molar-refractivity contribution in [2.45, 2.75) is 5.54 Å². The van der Waals surface area contributed by atoms with E-state index in [1.807, 2.05) is 54.6 Å². The number of rotatable bonds is 4. The summed E-state index contributed by atoms with van der Waals surface area (Å²) in [4.78, 5) is 4.30. The molecule has 4 heteroatoms. The first-order valence-electron chi connectivity index (χ1n) is 8.40. The lowest BCUT2D eigenvalue weighted by Gasteiger charge is -2.37. The fraction of sp³-hybridized carbons (Fsp3) is 0.0455.